The van der Waals surface area contributed by atoms with Gasteiger partial charge in [-0.15, -0.1) is 0 Å². The molecule has 1 atom stereocenters. The number of rotatable bonds is 7. The number of anilines is 2. The highest BCUT2D eigenvalue weighted by atomic mass is 16.3. The van der Waals surface area contributed by atoms with Crippen molar-refractivity contribution in [2.24, 2.45) is 0 Å². The van der Waals surface area contributed by atoms with Crippen molar-refractivity contribution < 1.29 is 18.8 Å². The summed E-state index contributed by atoms with van der Waals surface area (Å²) >= 11 is 0. The molecular formula is C27H29N3O4. The summed E-state index contributed by atoms with van der Waals surface area (Å²) < 4.78 is 5.41. The van der Waals surface area contributed by atoms with E-state index in [0.717, 1.165) is 31.2 Å². The third-order valence-electron chi connectivity index (χ3n) is 6.02. The molecule has 7 heteroatoms. The molecule has 1 aromatic heterocycles. The van der Waals surface area contributed by atoms with Gasteiger partial charge < -0.3 is 15.1 Å². The number of benzene rings is 2. The van der Waals surface area contributed by atoms with Crippen molar-refractivity contribution in [3.63, 3.8) is 0 Å². The van der Waals surface area contributed by atoms with Crippen LogP contribution in [0.1, 0.15) is 60.3 Å². The van der Waals surface area contributed by atoms with E-state index in [0.29, 0.717) is 16.9 Å². The Hall–Kier alpha value is -3.87. The number of aryl methyl sites for hydroxylation is 1. The summed E-state index contributed by atoms with van der Waals surface area (Å²) in [6, 6.07) is 16.9. The number of carbonyl (C=O) groups excluding carboxylic acids is 3. The van der Waals surface area contributed by atoms with E-state index in [9.17, 15) is 14.4 Å². The van der Waals surface area contributed by atoms with Crippen LogP contribution in [0.15, 0.2) is 71.3 Å². The van der Waals surface area contributed by atoms with Crippen molar-refractivity contribution in [2.75, 3.05) is 10.2 Å². The molecule has 0 saturated heterocycles. The average Bonchev–Trinajstić information content (AvgIpc) is 3.53. The van der Waals surface area contributed by atoms with Gasteiger partial charge in [0.15, 0.2) is 5.76 Å². The molecule has 0 spiro atoms. The molecule has 1 aliphatic carbocycles. The lowest BCUT2D eigenvalue weighted by atomic mass is 10.0. The first kappa shape index (κ1) is 23.3. The predicted molar refractivity (Wildman–Crippen MR) is 131 cm³/mol. The Morgan fingerprint density at radius 1 is 0.971 bits per heavy atom. The van der Waals surface area contributed by atoms with Gasteiger partial charge in [0.1, 0.15) is 6.04 Å². The third-order valence-corrected chi connectivity index (χ3v) is 6.02. The van der Waals surface area contributed by atoms with E-state index in [2.05, 4.69) is 10.6 Å². The Kier molecular flexibility index (Phi) is 7.11. The number of amides is 3. The van der Waals surface area contributed by atoms with Crippen LogP contribution in [0.5, 0.6) is 0 Å². The summed E-state index contributed by atoms with van der Waals surface area (Å²) in [4.78, 5) is 40.3. The quantitative estimate of drug-likeness (QED) is 0.521. The second-order valence-electron chi connectivity index (χ2n) is 8.68. The molecule has 2 aromatic carbocycles. The highest BCUT2D eigenvalue weighted by molar-refractivity contribution is 6.08. The minimum Gasteiger partial charge on any atom is -0.459 e. The van der Waals surface area contributed by atoms with Gasteiger partial charge in [0.2, 0.25) is 11.8 Å². The number of hydrogen-bond donors (Lipinski definition) is 2. The Morgan fingerprint density at radius 3 is 2.24 bits per heavy atom. The molecule has 2 N–H and O–H groups in total. The lowest BCUT2D eigenvalue weighted by Gasteiger charge is -2.32. The zero-order chi connectivity index (χ0) is 24.1. The number of furan rings is 1. The number of nitrogens with zero attached hydrogens (tertiary/aromatic N) is 1. The summed E-state index contributed by atoms with van der Waals surface area (Å²) in [6.45, 7) is 3.41. The topological polar surface area (TPSA) is 91.7 Å². The van der Waals surface area contributed by atoms with Crippen molar-refractivity contribution in [2.45, 2.75) is 51.6 Å². The molecule has 1 aliphatic rings. The van der Waals surface area contributed by atoms with Gasteiger partial charge in [0.25, 0.3) is 5.91 Å². The molecule has 0 bridgehead atoms. The molecule has 176 valence electrons. The Labute approximate surface area is 199 Å². The Morgan fingerprint density at radius 2 is 1.65 bits per heavy atom. The van der Waals surface area contributed by atoms with E-state index in [1.165, 1.54) is 18.1 Å². The fraction of sp³-hybridized carbons (Fsp3) is 0.296. The van der Waals surface area contributed by atoms with Gasteiger partial charge in [0, 0.05) is 24.3 Å². The molecule has 1 saturated carbocycles. The first-order valence-electron chi connectivity index (χ1n) is 11.5. The van der Waals surface area contributed by atoms with E-state index >= 15 is 0 Å². The maximum Gasteiger partial charge on any atom is 0.294 e. The minimum absolute atomic E-state index is 0.100. The van der Waals surface area contributed by atoms with Crippen LogP contribution in [0.2, 0.25) is 0 Å². The van der Waals surface area contributed by atoms with Crippen molar-refractivity contribution in [3.05, 3.63) is 83.8 Å². The number of hydrogen-bond acceptors (Lipinski definition) is 4. The molecular weight excluding hydrogens is 430 g/mol. The van der Waals surface area contributed by atoms with Crippen LogP contribution in [0.4, 0.5) is 11.4 Å². The fourth-order valence-corrected chi connectivity index (χ4v) is 4.33. The normalized spacial score (nSPS) is 14.4. The molecule has 1 fully saturated rings. The maximum atomic E-state index is 13.7. The smallest absolute Gasteiger partial charge is 0.294 e. The lowest BCUT2D eigenvalue weighted by molar-refractivity contribution is -0.123. The summed E-state index contributed by atoms with van der Waals surface area (Å²) in [5, 5.41) is 5.89. The van der Waals surface area contributed by atoms with Crippen LogP contribution < -0.4 is 15.5 Å². The predicted octanol–water partition coefficient (Wildman–Crippen LogP) is 4.99. The molecule has 0 aliphatic heterocycles. The Balaban J connectivity index is 1.77. The monoisotopic (exact) mass is 459 g/mol. The Bertz CT molecular complexity index is 1130. The van der Waals surface area contributed by atoms with Crippen LogP contribution in [-0.4, -0.2) is 23.8 Å². The molecule has 4 rings (SSSR count). The molecule has 3 amide bonds. The van der Waals surface area contributed by atoms with Crippen LogP contribution in [-0.2, 0) is 9.59 Å². The SMILES string of the molecule is CC(=O)Nc1ccc(N(C(=O)c2ccco2)C(C(=O)NC2CCCC2)c2ccc(C)cc2)cc1. The zero-order valence-electron chi connectivity index (χ0n) is 19.4. The standard InChI is InChI=1S/C27H29N3O4/c1-18-9-11-20(12-10-18)25(26(32)29-21-6-3-4-7-21)30(27(33)24-8-5-17-34-24)23-15-13-22(14-16-23)28-19(2)31/h5,8-17,21,25H,3-4,6-7H2,1-2H3,(H,28,31)(H,29,32). The van der Waals surface area contributed by atoms with Gasteiger partial charge in [-0.1, -0.05) is 42.7 Å². The van der Waals surface area contributed by atoms with Gasteiger partial charge in [-0.25, -0.2) is 0 Å². The molecule has 1 heterocycles. The molecule has 0 radical (unpaired) electrons. The van der Waals surface area contributed by atoms with Gasteiger partial charge in [0.05, 0.1) is 6.26 Å². The summed E-state index contributed by atoms with van der Waals surface area (Å²) in [5.74, 6) is -0.715. The van der Waals surface area contributed by atoms with Crippen molar-refractivity contribution in [1.82, 2.24) is 5.32 Å². The highest BCUT2D eigenvalue weighted by Crippen LogP contribution is 2.32. The second kappa shape index (κ2) is 10.4. The fourth-order valence-electron chi connectivity index (χ4n) is 4.33. The maximum absolute atomic E-state index is 13.7. The van der Waals surface area contributed by atoms with Crippen molar-refractivity contribution in [1.29, 1.82) is 0 Å². The number of nitrogens with one attached hydrogen (secondary N) is 2. The second-order valence-corrected chi connectivity index (χ2v) is 8.68. The van der Waals surface area contributed by atoms with E-state index in [4.69, 9.17) is 4.42 Å². The highest BCUT2D eigenvalue weighted by Gasteiger charge is 2.35. The molecule has 34 heavy (non-hydrogen) atoms. The van der Waals surface area contributed by atoms with Crippen molar-refractivity contribution >= 4 is 29.1 Å². The summed E-state index contributed by atoms with van der Waals surface area (Å²) in [7, 11) is 0. The first-order chi connectivity index (χ1) is 16.4. The van der Waals surface area contributed by atoms with Crippen molar-refractivity contribution in [3.8, 4) is 0 Å². The summed E-state index contributed by atoms with van der Waals surface area (Å²) in [5.41, 5.74) is 2.88. The third kappa shape index (κ3) is 5.36. The van der Waals surface area contributed by atoms with E-state index in [-0.39, 0.29) is 23.6 Å². The van der Waals surface area contributed by atoms with Crippen LogP contribution >= 0.6 is 0 Å². The number of carbonyl (C=O) groups is 3. The summed E-state index contributed by atoms with van der Waals surface area (Å²) in [6.07, 6.45) is 5.47. The lowest BCUT2D eigenvalue weighted by Crippen LogP contribution is -2.46. The van der Waals surface area contributed by atoms with Crippen LogP contribution in [0.25, 0.3) is 0 Å². The largest absolute Gasteiger partial charge is 0.459 e. The van der Waals surface area contributed by atoms with Crippen LogP contribution in [0.3, 0.4) is 0 Å². The van der Waals surface area contributed by atoms with Gasteiger partial charge in [-0.05, 0) is 61.7 Å². The van der Waals surface area contributed by atoms with E-state index in [1.807, 2.05) is 31.2 Å². The van der Waals surface area contributed by atoms with E-state index < -0.39 is 11.9 Å². The molecule has 7 nitrogen and oxygen atoms in total. The van der Waals surface area contributed by atoms with Gasteiger partial charge in [-0.2, -0.15) is 0 Å². The minimum atomic E-state index is -0.898. The van der Waals surface area contributed by atoms with Gasteiger partial charge in [-0.3, -0.25) is 19.3 Å². The zero-order valence-corrected chi connectivity index (χ0v) is 19.4. The molecule has 1 unspecified atom stereocenters. The van der Waals surface area contributed by atoms with Crippen LogP contribution in [0, 0.1) is 6.92 Å². The van der Waals surface area contributed by atoms with Gasteiger partial charge >= 0.3 is 0 Å². The molecule has 3 aromatic rings. The average molecular weight is 460 g/mol. The van der Waals surface area contributed by atoms with E-state index in [1.54, 1.807) is 36.4 Å². The first-order valence-corrected chi connectivity index (χ1v) is 11.5.